The van der Waals surface area contributed by atoms with Crippen molar-refractivity contribution in [3.05, 3.63) is 58.3 Å². The Morgan fingerprint density at radius 3 is 2.55 bits per heavy atom. The van der Waals surface area contributed by atoms with Crippen molar-refractivity contribution in [3.63, 3.8) is 0 Å². The fraction of sp³-hybridized carbons (Fsp3) is 0. The SMILES string of the molecule is O=C(N/N=C\c1ccncc1)C(=O)Nc1cc(Cl)ccc1Cl. The number of carbonyl (C=O) groups excluding carboxylic acids is 2. The fourth-order valence-corrected chi connectivity index (χ4v) is 1.77. The number of amides is 2. The third-order valence-corrected chi connectivity index (χ3v) is 3.03. The molecule has 0 spiro atoms. The van der Waals surface area contributed by atoms with E-state index in [1.807, 2.05) is 0 Å². The standard InChI is InChI=1S/C14H10Cl2N4O2/c15-10-1-2-11(16)12(7-10)19-13(21)14(22)20-18-8-9-3-5-17-6-4-9/h1-8H,(H,19,21)(H,20,22)/b18-8-. The molecule has 2 aromatic rings. The van der Waals surface area contributed by atoms with Gasteiger partial charge in [0.2, 0.25) is 0 Å². The highest BCUT2D eigenvalue weighted by atomic mass is 35.5. The molecule has 0 aliphatic rings. The lowest BCUT2D eigenvalue weighted by atomic mass is 10.3. The fourth-order valence-electron chi connectivity index (χ4n) is 1.44. The zero-order chi connectivity index (χ0) is 15.9. The van der Waals surface area contributed by atoms with Crippen LogP contribution in [0.2, 0.25) is 10.0 Å². The molecule has 0 bridgehead atoms. The van der Waals surface area contributed by atoms with Gasteiger partial charge in [-0.05, 0) is 35.9 Å². The minimum Gasteiger partial charge on any atom is -0.316 e. The van der Waals surface area contributed by atoms with Crippen LogP contribution >= 0.6 is 23.2 Å². The molecule has 0 aliphatic heterocycles. The molecule has 1 heterocycles. The van der Waals surface area contributed by atoms with E-state index in [4.69, 9.17) is 23.2 Å². The van der Waals surface area contributed by atoms with Crippen LogP contribution in [0.1, 0.15) is 5.56 Å². The maximum atomic E-state index is 11.7. The zero-order valence-corrected chi connectivity index (χ0v) is 12.6. The predicted molar refractivity (Wildman–Crippen MR) is 85.1 cm³/mol. The second-order valence-corrected chi connectivity index (χ2v) is 4.90. The Morgan fingerprint density at radius 1 is 1.09 bits per heavy atom. The van der Waals surface area contributed by atoms with Crippen molar-refractivity contribution in [1.82, 2.24) is 10.4 Å². The van der Waals surface area contributed by atoms with Crippen LogP contribution in [0.3, 0.4) is 0 Å². The maximum absolute atomic E-state index is 11.7. The number of nitrogens with zero attached hydrogens (tertiary/aromatic N) is 2. The van der Waals surface area contributed by atoms with Gasteiger partial charge < -0.3 is 5.32 Å². The predicted octanol–water partition coefficient (Wildman–Crippen LogP) is 2.48. The summed E-state index contributed by atoms with van der Waals surface area (Å²) in [6.07, 6.45) is 4.55. The molecule has 0 aliphatic carbocycles. The van der Waals surface area contributed by atoms with Crippen LogP contribution in [-0.4, -0.2) is 23.0 Å². The van der Waals surface area contributed by atoms with Gasteiger partial charge in [-0.25, -0.2) is 5.43 Å². The molecule has 22 heavy (non-hydrogen) atoms. The highest BCUT2D eigenvalue weighted by Gasteiger charge is 2.14. The number of halogens is 2. The molecule has 1 aromatic carbocycles. The van der Waals surface area contributed by atoms with Gasteiger partial charge in [0.15, 0.2) is 0 Å². The van der Waals surface area contributed by atoms with E-state index in [2.05, 4.69) is 20.8 Å². The van der Waals surface area contributed by atoms with Crippen molar-refractivity contribution in [2.24, 2.45) is 5.10 Å². The molecule has 112 valence electrons. The van der Waals surface area contributed by atoms with E-state index < -0.39 is 11.8 Å². The minimum absolute atomic E-state index is 0.243. The number of hydrogen-bond acceptors (Lipinski definition) is 4. The summed E-state index contributed by atoms with van der Waals surface area (Å²) in [5.74, 6) is -1.84. The van der Waals surface area contributed by atoms with Crippen molar-refractivity contribution >= 4 is 46.9 Å². The summed E-state index contributed by atoms with van der Waals surface area (Å²) in [5, 5.41) is 6.67. The number of nitrogens with one attached hydrogen (secondary N) is 2. The Bertz CT molecular complexity index is 720. The number of anilines is 1. The highest BCUT2D eigenvalue weighted by Crippen LogP contribution is 2.25. The number of rotatable bonds is 3. The van der Waals surface area contributed by atoms with Gasteiger partial charge in [-0.3, -0.25) is 14.6 Å². The number of pyridine rings is 1. The van der Waals surface area contributed by atoms with E-state index >= 15 is 0 Å². The molecule has 1 aromatic heterocycles. The first-order chi connectivity index (χ1) is 10.6. The van der Waals surface area contributed by atoms with E-state index in [1.165, 1.54) is 18.3 Å². The summed E-state index contributed by atoms with van der Waals surface area (Å²) in [6, 6.07) is 7.91. The first-order valence-electron chi connectivity index (χ1n) is 6.06. The Hall–Kier alpha value is -2.44. The summed E-state index contributed by atoms with van der Waals surface area (Å²) in [5.41, 5.74) is 3.08. The van der Waals surface area contributed by atoms with Crippen molar-refractivity contribution in [2.45, 2.75) is 0 Å². The average Bonchev–Trinajstić information content (AvgIpc) is 2.52. The molecular weight excluding hydrogens is 327 g/mol. The average molecular weight is 337 g/mol. The molecule has 8 heteroatoms. The lowest BCUT2D eigenvalue weighted by molar-refractivity contribution is -0.136. The summed E-state index contributed by atoms with van der Waals surface area (Å²) >= 11 is 11.7. The van der Waals surface area contributed by atoms with Crippen molar-refractivity contribution in [2.75, 3.05) is 5.32 Å². The minimum atomic E-state index is -0.929. The smallest absolute Gasteiger partial charge is 0.316 e. The van der Waals surface area contributed by atoms with Crippen molar-refractivity contribution in [3.8, 4) is 0 Å². The number of hydrazone groups is 1. The summed E-state index contributed by atoms with van der Waals surface area (Å²) in [7, 11) is 0. The lowest BCUT2D eigenvalue weighted by Gasteiger charge is -2.06. The first-order valence-corrected chi connectivity index (χ1v) is 6.81. The second-order valence-electron chi connectivity index (χ2n) is 4.06. The molecule has 2 rings (SSSR count). The molecule has 0 saturated carbocycles. The monoisotopic (exact) mass is 336 g/mol. The van der Waals surface area contributed by atoms with Crippen molar-refractivity contribution < 1.29 is 9.59 Å². The van der Waals surface area contributed by atoms with E-state index in [0.717, 1.165) is 5.56 Å². The normalized spacial score (nSPS) is 10.5. The molecular formula is C14H10Cl2N4O2. The van der Waals surface area contributed by atoms with Gasteiger partial charge >= 0.3 is 11.8 Å². The van der Waals surface area contributed by atoms with E-state index in [-0.39, 0.29) is 10.7 Å². The van der Waals surface area contributed by atoms with Gasteiger partial charge in [0.05, 0.1) is 16.9 Å². The maximum Gasteiger partial charge on any atom is 0.329 e. The number of benzene rings is 1. The number of carbonyl (C=O) groups is 2. The number of aromatic nitrogens is 1. The van der Waals surface area contributed by atoms with Gasteiger partial charge in [0.25, 0.3) is 0 Å². The molecule has 6 nitrogen and oxygen atoms in total. The molecule has 0 unspecified atom stereocenters. The van der Waals surface area contributed by atoms with Crippen LogP contribution in [-0.2, 0) is 9.59 Å². The van der Waals surface area contributed by atoms with Crippen LogP contribution in [0.5, 0.6) is 0 Å². The van der Waals surface area contributed by atoms with E-state index in [1.54, 1.807) is 30.6 Å². The van der Waals surface area contributed by atoms with Crippen LogP contribution in [0, 0.1) is 0 Å². The van der Waals surface area contributed by atoms with E-state index in [0.29, 0.717) is 5.02 Å². The van der Waals surface area contributed by atoms with Crippen LogP contribution in [0.25, 0.3) is 0 Å². The van der Waals surface area contributed by atoms with Crippen LogP contribution < -0.4 is 10.7 Å². The third-order valence-electron chi connectivity index (χ3n) is 2.47. The van der Waals surface area contributed by atoms with Crippen molar-refractivity contribution in [1.29, 1.82) is 0 Å². The molecule has 2 N–H and O–H groups in total. The van der Waals surface area contributed by atoms with Gasteiger partial charge in [0.1, 0.15) is 0 Å². The Balaban J connectivity index is 1.94. The molecule has 0 fully saturated rings. The summed E-state index contributed by atoms with van der Waals surface area (Å²) < 4.78 is 0. The molecule has 0 saturated heterocycles. The van der Waals surface area contributed by atoms with Gasteiger partial charge in [-0.2, -0.15) is 5.10 Å². The van der Waals surface area contributed by atoms with Gasteiger partial charge in [0, 0.05) is 17.4 Å². The number of hydrogen-bond donors (Lipinski definition) is 2. The van der Waals surface area contributed by atoms with Crippen LogP contribution in [0.15, 0.2) is 47.8 Å². The zero-order valence-electron chi connectivity index (χ0n) is 11.1. The quantitative estimate of drug-likeness (QED) is 0.513. The Kier molecular flexibility index (Phi) is 5.46. The van der Waals surface area contributed by atoms with Gasteiger partial charge in [-0.15, -0.1) is 0 Å². The van der Waals surface area contributed by atoms with E-state index in [9.17, 15) is 9.59 Å². The summed E-state index contributed by atoms with van der Waals surface area (Å²) in [4.78, 5) is 27.2. The third kappa shape index (κ3) is 4.54. The highest BCUT2D eigenvalue weighted by molar-refractivity contribution is 6.42. The Morgan fingerprint density at radius 2 is 1.82 bits per heavy atom. The topological polar surface area (TPSA) is 83.5 Å². The van der Waals surface area contributed by atoms with Crippen LogP contribution in [0.4, 0.5) is 5.69 Å². The molecule has 0 radical (unpaired) electrons. The molecule has 0 atom stereocenters. The molecule has 2 amide bonds. The first kappa shape index (κ1) is 15.9. The Labute approximate surface area is 136 Å². The second kappa shape index (κ2) is 7.53. The lowest BCUT2D eigenvalue weighted by Crippen LogP contribution is -2.32. The summed E-state index contributed by atoms with van der Waals surface area (Å²) in [6.45, 7) is 0. The van der Waals surface area contributed by atoms with Gasteiger partial charge in [-0.1, -0.05) is 23.2 Å². The largest absolute Gasteiger partial charge is 0.329 e.